The van der Waals surface area contributed by atoms with Gasteiger partial charge in [-0.3, -0.25) is 0 Å². The summed E-state index contributed by atoms with van der Waals surface area (Å²) >= 11 is 0. The van der Waals surface area contributed by atoms with E-state index in [0.29, 0.717) is 18.2 Å². The Hall–Kier alpha value is -1.65. The zero-order chi connectivity index (χ0) is 18.5. The van der Waals surface area contributed by atoms with Crippen LogP contribution in [-0.4, -0.2) is 35.6 Å². The van der Waals surface area contributed by atoms with E-state index in [2.05, 4.69) is 0 Å². The average molecular weight is 396 g/mol. The first kappa shape index (κ1) is 18.2. The molecule has 0 saturated carbocycles. The van der Waals surface area contributed by atoms with Gasteiger partial charge in [-0.25, -0.2) is 3.63 Å². The number of hydrogen-bond acceptors (Lipinski definition) is 5. The minimum atomic E-state index is -5.76. The van der Waals surface area contributed by atoms with Gasteiger partial charge >= 0.3 is 15.6 Å². The second-order valence-corrected chi connectivity index (χ2v) is 10.5. The van der Waals surface area contributed by atoms with Crippen LogP contribution in [0, 0.1) is 0 Å². The van der Waals surface area contributed by atoms with Crippen molar-refractivity contribution in [2.75, 3.05) is 11.5 Å². The van der Waals surface area contributed by atoms with E-state index in [1.54, 1.807) is 0 Å². The molecule has 25 heavy (non-hydrogen) atoms. The van der Waals surface area contributed by atoms with Gasteiger partial charge in [-0.2, -0.15) is 21.6 Å². The quantitative estimate of drug-likeness (QED) is 0.767. The third-order valence-electron chi connectivity index (χ3n) is 4.04. The number of fused-ring (bicyclic) bond motifs is 1. The predicted octanol–water partition coefficient (Wildman–Crippen LogP) is 3.99. The monoisotopic (exact) mass is 396 g/mol. The Morgan fingerprint density at radius 2 is 1.64 bits per heavy atom. The molecule has 2 N–H and O–H groups in total. The maximum atomic E-state index is 12.8. The van der Waals surface area contributed by atoms with Crippen molar-refractivity contribution in [2.45, 2.75) is 23.2 Å². The van der Waals surface area contributed by atoms with Crippen LogP contribution < -0.4 is 0 Å². The molecule has 3 rings (SSSR count). The number of phenolic OH excluding ortho intramolecular Hbond substituents is 2. The summed E-state index contributed by atoms with van der Waals surface area (Å²) in [6, 6.07) is 6.72. The van der Waals surface area contributed by atoms with Gasteiger partial charge in [-0.05, 0) is 43.2 Å². The molecule has 10 heteroatoms. The van der Waals surface area contributed by atoms with Gasteiger partial charge in [0.2, 0.25) is 0 Å². The van der Waals surface area contributed by atoms with Crippen LogP contribution in [0.25, 0.3) is 10.8 Å². The molecular formula is C15H15F3O5S2. The molecule has 0 atom stereocenters. The number of benzene rings is 2. The first-order chi connectivity index (χ1) is 11.6. The lowest BCUT2D eigenvalue weighted by Gasteiger charge is -2.35. The minimum absolute atomic E-state index is 0.120. The van der Waals surface area contributed by atoms with Crippen LogP contribution in [0.5, 0.6) is 11.5 Å². The topological polar surface area (TPSA) is 83.8 Å². The number of phenols is 2. The van der Waals surface area contributed by atoms with Gasteiger partial charge in [0, 0.05) is 27.2 Å². The standard InChI is InChI=1S/C15H15F3O5S2/c16-15(17,18)25(21,22)23-24(7-1-2-8-24)14-6-5-13(20)11-4-3-10(19)9-12(11)14/h3-6,9,19-20H,1-2,7-8H2. The maximum Gasteiger partial charge on any atom is 0.523 e. The molecule has 0 bridgehead atoms. The first-order valence-corrected chi connectivity index (χ1v) is 10.6. The summed E-state index contributed by atoms with van der Waals surface area (Å²) in [7, 11) is -8.54. The van der Waals surface area contributed by atoms with Crippen molar-refractivity contribution >= 4 is 31.2 Å². The zero-order valence-corrected chi connectivity index (χ0v) is 14.4. The lowest BCUT2D eigenvalue weighted by Crippen LogP contribution is -2.27. The fourth-order valence-electron chi connectivity index (χ4n) is 2.93. The van der Waals surface area contributed by atoms with Crippen molar-refractivity contribution in [3.63, 3.8) is 0 Å². The molecule has 2 aromatic rings. The number of aromatic hydroxyl groups is 2. The Balaban J connectivity index is 2.22. The number of alkyl halides is 3. The molecule has 5 nitrogen and oxygen atoms in total. The van der Waals surface area contributed by atoms with Crippen molar-refractivity contribution in [1.82, 2.24) is 0 Å². The van der Waals surface area contributed by atoms with Crippen molar-refractivity contribution in [1.29, 1.82) is 0 Å². The van der Waals surface area contributed by atoms with E-state index in [0.717, 1.165) is 0 Å². The molecule has 0 spiro atoms. The zero-order valence-electron chi connectivity index (χ0n) is 12.8. The highest BCUT2D eigenvalue weighted by Gasteiger charge is 2.52. The molecule has 1 aliphatic heterocycles. The maximum absolute atomic E-state index is 12.8. The Morgan fingerprint density at radius 3 is 2.24 bits per heavy atom. The van der Waals surface area contributed by atoms with E-state index in [1.807, 2.05) is 0 Å². The van der Waals surface area contributed by atoms with Gasteiger partial charge in [0.05, 0.1) is 0 Å². The summed E-state index contributed by atoms with van der Waals surface area (Å²) in [6.07, 6.45) is 1.06. The Labute approximate surface area is 143 Å². The molecule has 2 aromatic carbocycles. The first-order valence-electron chi connectivity index (χ1n) is 7.32. The van der Waals surface area contributed by atoms with Crippen LogP contribution in [0.3, 0.4) is 0 Å². The van der Waals surface area contributed by atoms with E-state index in [4.69, 9.17) is 3.63 Å². The van der Waals surface area contributed by atoms with Gasteiger partial charge in [0.25, 0.3) is 0 Å². The van der Waals surface area contributed by atoms with E-state index < -0.39 is 25.9 Å². The van der Waals surface area contributed by atoms with Crippen molar-refractivity contribution in [3.05, 3.63) is 30.3 Å². The minimum Gasteiger partial charge on any atom is -0.508 e. The van der Waals surface area contributed by atoms with Crippen LogP contribution in [0.2, 0.25) is 0 Å². The predicted molar refractivity (Wildman–Crippen MR) is 88.2 cm³/mol. The van der Waals surface area contributed by atoms with Gasteiger partial charge in [0.15, 0.2) is 0 Å². The Kier molecular flexibility index (Phi) is 4.33. The highest BCUT2D eigenvalue weighted by atomic mass is 32.3. The normalized spacial score (nSPS) is 19.2. The smallest absolute Gasteiger partial charge is 0.508 e. The van der Waals surface area contributed by atoms with Gasteiger partial charge in [-0.15, -0.1) is 0 Å². The van der Waals surface area contributed by atoms with Gasteiger partial charge < -0.3 is 10.2 Å². The Morgan fingerprint density at radius 1 is 1.00 bits per heavy atom. The molecule has 1 heterocycles. The van der Waals surface area contributed by atoms with Crippen LogP contribution in [0.1, 0.15) is 12.8 Å². The highest BCUT2D eigenvalue weighted by Crippen LogP contribution is 2.65. The average Bonchev–Trinajstić information content (AvgIpc) is 2.94. The van der Waals surface area contributed by atoms with E-state index in [-0.39, 0.29) is 33.3 Å². The molecular weight excluding hydrogens is 381 g/mol. The Bertz CT molecular complexity index is 919. The molecule has 0 amide bonds. The highest BCUT2D eigenvalue weighted by molar-refractivity contribution is 8.33. The fourth-order valence-corrected chi connectivity index (χ4v) is 8.31. The molecule has 1 aliphatic rings. The van der Waals surface area contributed by atoms with E-state index in [9.17, 15) is 31.8 Å². The summed E-state index contributed by atoms with van der Waals surface area (Å²) in [6.45, 7) is 0. The van der Waals surface area contributed by atoms with Crippen molar-refractivity contribution in [3.8, 4) is 11.5 Å². The van der Waals surface area contributed by atoms with E-state index >= 15 is 0 Å². The number of hydrogen-bond donors (Lipinski definition) is 2. The van der Waals surface area contributed by atoms with Crippen molar-refractivity contribution in [2.24, 2.45) is 0 Å². The molecule has 0 aromatic heterocycles. The van der Waals surface area contributed by atoms with Crippen LogP contribution >= 0.6 is 10.3 Å². The largest absolute Gasteiger partial charge is 0.523 e. The summed E-state index contributed by atoms with van der Waals surface area (Å²) in [5.41, 5.74) is -5.51. The third-order valence-corrected chi connectivity index (χ3v) is 9.42. The van der Waals surface area contributed by atoms with E-state index in [1.165, 1.54) is 30.3 Å². The van der Waals surface area contributed by atoms with Gasteiger partial charge in [-0.1, -0.05) is 10.3 Å². The summed E-state index contributed by atoms with van der Waals surface area (Å²) in [5, 5.41) is 20.3. The number of halogens is 3. The van der Waals surface area contributed by atoms with Crippen LogP contribution in [0.15, 0.2) is 35.2 Å². The molecule has 138 valence electrons. The number of rotatable bonds is 3. The lowest BCUT2D eigenvalue weighted by atomic mass is 10.1. The molecule has 0 radical (unpaired) electrons. The van der Waals surface area contributed by atoms with Crippen molar-refractivity contribution < 1.29 is 35.4 Å². The second-order valence-electron chi connectivity index (χ2n) is 5.71. The second kappa shape index (κ2) is 5.96. The van der Waals surface area contributed by atoms with Crippen LogP contribution in [-0.2, 0) is 13.7 Å². The third kappa shape index (κ3) is 3.13. The molecule has 1 saturated heterocycles. The fraction of sp³-hybridized carbons (Fsp3) is 0.333. The lowest BCUT2D eigenvalue weighted by molar-refractivity contribution is -0.0496. The summed E-state index contributed by atoms with van der Waals surface area (Å²) in [5.74, 6) is 0.0610. The molecule has 0 aliphatic carbocycles. The molecule has 0 unspecified atom stereocenters. The SMILES string of the molecule is O=S(=O)(OS1(c2ccc(O)c3ccc(O)cc23)CCCC1)C(F)(F)F. The summed E-state index contributed by atoms with van der Waals surface area (Å²) < 4.78 is 66.6. The molecule has 1 fully saturated rings. The summed E-state index contributed by atoms with van der Waals surface area (Å²) in [4.78, 5) is 0.279. The van der Waals surface area contributed by atoms with Gasteiger partial charge in [0.1, 0.15) is 11.5 Å². The van der Waals surface area contributed by atoms with Crippen LogP contribution in [0.4, 0.5) is 13.2 Å².